The average Bonchev–Trinajstić information content (AvgIpc) is 2.76. The minimum atomic E-state index is -1.01. The summed E-state index contributed by atoms with van der Waals surface area (Å²) in [5, 5.41) is 13.5. The second-order valence-electron chi connectivity index (χ2n) is 4.09. The van der Waals surface area contributed by atoms with Crippen LogP contribution in [0, 0.1) is 0 Å². The Morgan fingerprint density at radius 2 is 2.00 bits per heavy atom. The van der Waals surface area contributed by atoms with Crippen LogP contribution in [-0.4, -0.2) is 21.0 Å². The molecule has 5 nitrogen and oxygen atoms in total. The Labute approximate surface area is 105 Å². The van der Waals surface area contributed by atoms with Crippen LogP contribution in [-0.2, 0) is 7.05 Å². The molecule has 2 aromatic rings. The summed E-state index contributed by atoms with van der Waals surface area (Å²) >= 11 is 0. The lowest BCUT2D eigenvalue weighted by Gasteiger charge is -2.24. The quantitative estimate of drug-likeness (QED) is 0.904. The van der Waals surface area contributed by atoms with Crippen molar-refractivity contribution in [3.63, 3.8) is 0 Å². The Kier molecular flexibility index (Phi) is 3.32. The highest BCUT2D eigenvalue weighted by molar-refractivity contribution is 5.85. The van der Waals surface area contributed by atoms with Gasteiger partial charge in [-0.3, -0.25) is 9.58 Å². The summed E-state index contributed by atoms with van der Waals surface area (Å²) in [4.78, 5) is 12.7. The first-order valence-corrected chi connectivity index (χ1v) is 5.66. The molecular weight excluding hydrogens is 230 g/mol. The first-order valence-electron chi connectivity index (χ1n) is 5.66. The molecule has 0 saturated heterocycles. The van der Waals surface area contributed by atoms with E-state index in [1.54, 1.807) is 24.0 Å². The van der Waals surface area contributed by atoms with Crippen LogP contribution < -0.4 is 4.90 Å². The summed E-state index contributed by atoms with van der Waals surface area (Å²) in [5.74, 6) is 0.432. The van der Waals surface area contributed by atoms with Crippen molar-refractivity contribution in [2.75, 3.05) is 4.90 Å². The average molecular weight is 245 g/mol. The molecule has 0 unspecified atom stereocenters. The third-order valence-corrected chi connectivity index (χ3v) is 2.82. The first-order chi connectivity index (χ1) is 8.59. The van der Waals surface area contributed by atoms with Crippen LogP contribution >= 0.6 is 0 Å². The third-order valence-electron chi connectivity index (χ3n) is 2.82. The molecule has 0 aliphatic carbocycles. The molecule has 0 bridgehead atoms. The SMILES string of the molecule is C[C@@H](c1ccccc1)N(C(=O)O)c1ccn(C)n1. The Balaban J connectivity index is 2.34. The molecule has 0 spiro atoms. The summed E-state index contributed by atoms with van der Waals surface area (Å²) in [5.41, 5.74) is 0.936. The van der Waals surface area contributed by atoms with E-state index in [0.717, 1.165) is 5.56 Å². The maximum Gasteiger partial charge on any atom is 0.413 e. The predicted molar refractivity (Wildman–Crippen MR) is 68.6 cm³/mol. The van der Waals surface area contributed by atoms with Crippen LogP contribution in [0.25, 0.3) is 0 Å². The number of amides is 1. The fourth-order valence-corrected chi connectivity index (χ4v) is 1.87. The zero-order valence-electron chi connectivity index (χ0n) is 10.3. The summed E-state index contributed by atoms with van der Waals surface area (Å²) in [7, 11) is 1.76. The molecule has 1 aromatic carbocycles. The molecule has 5 heteroatoms. The number of hydrogen-bond donors (Lipinski definition) is 1. The molecule has 1 aromatic heterocycles. The van der Waals surface area contributed by atoms with Crippen molar-refractivity contribution in [1.82, 2.24) is 9.78 Å². The summed E-state index contributed by atoms with van der Waals surface area (Å²) in [6.45, 7) is 1.85. The van der Waals surface area contributed by atoms with E-state index in [0.29, 0.717) is 5.82 Å². The number of nitrogens with zero attached hydrogens (tertiary/aromatic N) is 3. The van der Waals surface area contributed by atoms with Gasteiger partial charge in [0.05, 0.1) is 6.04 Å². The van der Waals surface area contributed by atoms with Gasteiger partial charge in [0.15, 0.2) is 5.82 Å². The summed E-state index contributed by atoms with van der Waals surface area (Å²) in [6, 6.07) is 10.9. The topological polar surface area (TPSA) is 58.4 Å². The van der Waals surface area contributed by atoms with Gasteiger partial charge in [-0.2, -0.15) is 5.10 Å². The number of aromatic nitrogens is 2. The Hall–Kier alpha value is -2.30. The highest BCUT2D eigenvalue weighted by Crippen LogP contribution is 2.25. The van der Waals surface area contributed by atoms with Crippen LogP contribution in [0.5, 0.6) is 0 Å². The van der Waals surface area contributed by atoms with E-state index in [1.807, 2.05) is 37.3 Å². The highest BCUT2D eigenvalue weighted by atomic mass is 16.4. The molecule has 0 fully saturated rings. The lowest BCUT2D eigenvalue weighted by atomic mass is 10.1. The molecule has 1 amide bonds. The second-order valence-corrected chi connectivity index (χ2v) is 4.09. The maximum atomic E-state index is 11.4. The van der Waals surface area contributed by atoms with Gasteiger partial charge in [0, 0.05) is 19.3 Å². The molecule has 18 heavy (non-hydrogen) atoms. The van der Waals surface area contributed by atoms with Crippen LogP contribution in [0.2, 0.25) is 0 Å². The summed E-state index contributed by atoms with van der Waals surface area (Å²) < 4.78 is 1.59. The fraction of sp³-hybridized carbons (Fsp3) is 0.231. The van der Waals surface area contributed by atoms with E-state index in [4.69, 9.17) is 0 Å². The van der Waals surface area contributed by atoms with Gasteiger partial charge in [0.2, 0.25) is 0 Å². The maximum absolute atomic E-state index is 11.4. The van der Waals surface area contributed by atoms with Gasteiger partial charge in [-0.15, -0.1) is 0 Å². The van der Waals surface area contributed by atoms with Gasteiger partial charge < -0.3 is 5.11 Å². The zero-order valence-corrected chi connectivity index (χ0v) is 10.3. The number of carboxylic acid groups (broad SMARTS) is 1. The number of benzene rings is 1. The van der Waals surface area contributed by atoms with Crippen molar-refractivity contribution in [1.29, 1.82) is 0 Å². The molecule has 0 radical (unpaired) electrons. The van der Waals surface area contributed by atoms with Crippen LogP contribution in [0.1, 0.15) is 18.5 Å². The van der Waals surface area contributed by atoms with Gasteiger partial charge >= 0.3 is 6.09 Å². The van der Waals surface area contributed by atoms with Crippen molar-refractivity contribution in [3.8, 4) is 0 Å². The molecule has 2 rings (SSSR count). The van der Waals surface area contributed by atoms with Crippen molar-refractivity contribution in [2.24, 2.45) is 7.05 Å². The van der Waals surface area contributed by atoms with E-state index in [1.165, 1.54) is 4.90 Å². The first kappa shape index (κ1) is 12.2. The van der Waals surface area contributed by atoms with Gasteiger partial charge in [0.25, 0.3) is 0 Å². The normalized spacial score (nSPS) is 12.1. The van der Waals surface area contributed by atoms with Gasteiger partial charge in [-0.05, 0) is 12.5 Å². The van der Waals surface area contributed by atoms with Crippen LogP contribution in [0.15, 0.2) is 42.6 Å². The largest absolute Gasteiger partial charge is 0.465 e. The standard InChI is InChI=1S/C13H15N3O2/c1-10(11-6-4-3-5-7-11)16(13(17)18)12-8-9-15(2)14-12/h3-10H,1-2H3,(H,17,18)/t10-/m0/s1. The minimum absolute atomic E-state index is 0.279. The lowest BCUT2D eigenvalue weighted by Crippen LogP contribution is -2.32. The van der Waals surface area contributed by atoms with Crippen molar-refractivity contribution >= 4 is 11.9 Å². The predicted octanol–water partition coefficient (Wildman–Crippen LogP) is 2.67. The van der Waals surface area contributed by atoms with Crippen molar-refractivity contribution in [3.05, 3.63) is 48.2 Å². The smallest absolute Gasteiger partial charge is 0.413 e. The number of rotatable bonds is 3. The van der Waals surface area contributed by atoms with Gasteiger partial charge in [-0.25, -0.2) is 4.79 Å². The molecule has 0 aliphatic heterocycles. The lowest BCUT2D eigenvalue weighted by molar-refractivity contribution is 0.199. The van der Waals surface area contributed by atoms with Crippen molar-refractivity contribution in [2.45, 2.75) is 13.0 Å². The van der Waals surface area contributed by atoms with E-state index >= 15 is 0 Å². The minimum Gasteiger partial charge on any atom is -0.465 e. The van der Waals surface area contributed by atoms with Gasteiger partial charge in [0.1, 0.15) is 0 Å². The third kappa shape index (κ3) is 2.34. The van der Waals surface area contributed by atoms with Crippen LogP contribution in [0.3, 0.4) is 0 Å². The highest BCUT2D eigenvalue weighted by Gasteiger charge is 2.24. The second kappa shape index (κ2) is 4.91. The molecule has 0 saturated carbocycles. The van der Waals surface area contributed by atoms with Crippen LogP contribution in [0.4, 0.5) is 10.6 Å². The molecule has 0 aliphatic rings. The monoisotopic (exact) mass is 245 g/mol. The molecule has 1 heterocycles. The zero-order chi connectivity index (χ0) is 13.1. The van der Waals surface area contributed by atoms with E-state index in [-0.39, 0.29) is 6.04 Å². The number of anilines is 1. The van der Waals surface area contributed by atoms with E-state index in [9.17, 15) is 9.90 Å². The molecule has 1 N–H and O–H groups in total. The number of carbonyl (C=O) groups is 1. The molecular formula is C13H15N3O2. The summed E-state index contributed by atoms with van der Waals surface area (Å²) in [6.07, 6.45) is 0.716. The number of aryl methyl sites for hydroxylation is 1. The van der Waals surface area contributed by atoms with Crippen molar-refractivity contribution < 1.29 is 9.90 Å². The number of hydrogen-bond acceptors (Lipinski definition) is 2. The Morgan fingerprint density at radius 3 is 2.50 bits per heavy atom. The fourth-order valence-electron chi connectivity index (χ4n) is 1.87. The Bertz CT molecular complexity index is 536. The van der Waals surface area contributed by atoms with E-state index in [2.05, 4.69) is 5.10 Å². The van der Waals surface area contributed by atoms with Gasteiger partial charge in [-0.1, -0.05) is 30.3 Å². The molecule has 94 valence electrons. The Morgan fingerprint density at radius 1 is 1.33 bits per heavy atom. The molecule has 1 atom stereocenters. The van der Waals surface area contributed by atoms with E-state index < -0.39 is 6.09 Å².